The summed E-state index contributed by atoms with van der Waals surface area (Å²) >= 11 is 1.33. The van der Waals surface area contributed by atoms with Crippen LogP contribution in [0.4, 0.5) is 4.39 Å². The Hall–Kier alpha value is -2.61. The highest BCUT2D eigenvalue weighted by Crippen LogP contribution is 2.31. The van der Waals surface area contributed by atoms with Gasteiger partial charge in [-0.15, -0.1) is 0 Å². The second-order valence-electron chi connectivity index (χ2n) is 5.99. The number of carbonyl (C=O) groups is 1. The fraction of sp³-hybridized carbons (Fsp3) is 0.294. The topological polar surface area (TPSA) is 63.9 Å². The fourth-order valence-corrected chi connectivity index (χ4v) is 3.79. The highest BCUT2D eigenvalue weighted by Gasteiger charge is 2.31. The second-order valence-corrected chi connectivity index (χ2v) is 6.74. The summed E-state index contributed by atoms with van der Waals surface area (Å²) in [6.07, 6.45) is 1.79. The van der Waals surface area contributed by atoms with E-state index in [4.69, 9.17) is 0 Å². The molecule has 0 saturated heterocycles. The van der Waals surface area contributed by atoms with E-state index in [1.807, 2.05) is 13.8 Å². The van der Waals surface area contributed by atoms with Gasteiger partial charge in [0.15, 0.2) is 10.8 Å². The Morgan fingerprint density at radius 1 is 1.28 bits per heavy atom. The Morgan fingerprint density at radius 2 is 2.04 bits per heavy atom. The van der Waals surface area contributed by atoms with Crippen molar-refractivity contribution in [1.82, 2.24) is 23.8 Å². The predicted octanol–water partition coefficient (Wildman–Crippen LogP) is 3.07. The maximum Gasteiger partial charge on any atom is 0.254 e. The van der Waals surface area contributed by atoms with E-state index in [-0.39, 0.29) is 17.8 Å². The van der Waals surface area contributed by atoms with Crippen molar-refractivity contribution < 1.29 is 9.18 Å². The van der Waals surface area contributed by atoms with Gasteiger partial charge in [-0.2, -0.15) is 4.37 Å². The van der Waals surface area contributed by atoms with E-state index < -0.39 is 0 Å². The number of benzene rings is 1. The van der Waals surface area contributed by atoms with Gasteiger partial charge in [-0.3, -0.25) is 4.79 Å². The molecule has 128 valence electrons. The Bertz CT molecular complexity index is 933. The normalized spacial score (nSPS) is 16.8. The van der Waals surface area contributed by atoms with Gasteiger partial charge in [-0.25, -0.2) is 14.4 Å². The zero-order valence-electron chi connectivity index (χ0n) is 13.8. The minimum absolute atomic E-state index is 0.103. The first-order chi connectivity index (χ1) is 12.0. The molecule has 0 N–H and O–H groups in total. The first kappa shape index (κ1) is 15.9. The van der Waals surface area contributed by atoms with Gasteiger partial charge in [0.25, 0.3) is 5.91 Å². The summed E-state index contributed by atoms with van der Waals surface area (Å²) in [6, 6.07) is 5.53. The monoisotopic (exact) mass is 357 g/mol. The number of halogens is 1. The molecule has 1 atom stereocenters. The fourth-order valence-electron chi connectivity index (χ4n) is 3.11. The molecule has 0 aliphatic carbocycles. The van der Waals surface area contributed by atoms with E-state index in [0.717, 1.165) is 22.4 Å². The van der Waals surface area contributed by atoms with Crippen LogP contribution in [0.5, 0.6) is 0 Å². The number of fused-ring (bicyclic) bond motifs is 1. The lowest BCUT2D eigenvalue weighted by Gasteiger charge is -2.35. The molecule has 25 heavy (non-hydrogen) atoms. The molecule has 3 aromatic rings. The summed E-state index contributed by atoms with van der Waals surface area (Å²) in [7, 11) is 0. The average molecular weight is 357 g/mol. The molecule has 8 heteroatoms. The highest BCUT2D eigenvalue weighted by molar-refractivity contribution is 7.09. The van der Waals surface area contributed by atoms with Gasteiger partial charge in [0.1, 0.15) is 11.6 Å². The number of aryl methyl sites for hydroxylation is 1. The number of hydrogen-bond acceptors (Lipinski definition) is 5. The lowest BCUT2D eigenvalue weighted by Crippen LogP contribution is -2.41. The Labute approximate surface area is 148 Å². The molecule has 4 rings (SSSR count). The van der Waals surface area contributed by atoms with E-state index in [1.54, 1.807) is 11.1 Å². The number of nitrogens with zero attached hydrogens (tertiary/aromatic N) is 5. The predicted molar refractivity (Wildman–Crippen MR) is 91.7 cm³/mol. The van der Waals surface area contributed by atoms with Crippen molar-refractivity contribution in [3.05, 3.63) is 53.4 Å². The summed E-state index contributed by atoms with van der Waals surface area (Å²) < 4.78 is 19.4. The molecule has 0 saturated carbocycles. The van der Waals surface area contributed by atoms with Crippen LogP contribution in [0.25, 0.3) is 10.8 Å². The largest absolute Gasteiger partial charge is 0.329 e. The Balaban J connectivity index is 1.63. The van der Waals surface area contributed by atoms with Gasteiger partial charge in [-0.1, -0.05) is 0 Å². The maximum absolute atomic E-state index is 13.1. The first-order valence-electron chi connectivity index (χ1n) is 7.97. The highest BCUT2D eigenvalue weighted by atomic mass is 32.1. The molecular formula is C17H16FN5OS. The minimum atomic E-state index is -0.349. The van der Waals surface area contributed by atoms with Crippen molar-refractivity contribution in [3.8, 4) is 10.8 Å². The van der Waals surface area contributed by atoms with Crippen molar-refractivity contribution >= 4 is 17.4 Å². The van der Waals surface area contributed by atoms with Gasteiger partial charge in [0.05, 0.1) is 17.9 Å². The van der Waals surface area contributed by atoms with Crippen LogP contribution in [0, 0.1) is 12.7 Å². The van der Waals surface area contributed by atoms with Crippen molar-refractivity contribution in [2.75, 3.05) is 6.54 Å². The quantitative estimate of drug-likeness (QED) is 0.707. The lowest BCUT2D eigenvalue weighted by atomic mass is 10.1. The number of rotatable bonds is 2. The van der Waals surface area contributed by atoms with Crippen LogP contribution >= 0.6 is 11.5 Å². The van der Waals surface area contributed by atoms with Crippen molar-refractivity contribution in [2.24, 2.45) is 0 Å². The number of hydrogen-bond donors (Lipinski definition) is 0. The smallest absolute Gasteiger partial charge is 0.254 e. The number of aromatic nitrogens is 4. The standard InChI is InChI=1S/C17H16FN5OS/c1-10-14-9-19-15(16-20-11(2)21-25-16)23(14)8-7-22(10)17(24)12-3-5-13(18)6-4-12/h3-6,9-10H,7-8H2,1-2H3/t10-/m1/s1. The van der Waals surface area contributed by atoms with Crippen molar-refractivity contribution in [2.45, 2.75) is 26.4 Å². The molecule has 0 bridgehead atoms. The van der Waals surface area contributed by atoms with Crippen LogP contribution in [0.3, 0.4) is 0 Å². The average Bonchev–Trinajstić information content (AvgIpc) is 3.21. The molecule has 0 unspecified atom stereocenters. The molecule has 1 amide bonds. The second kappa shape index (κ2) is 6.03. The zero-order chi connectivity index (χ0) is 17.6. The molecular weight excluding hydrogens is 341 g/mol. The van der Waals surface area contributed by atoms with Gasteiger partial charge < -0.3 is 9.47 Å². The lowest BCUT2D eigenvalue weighted by molar-refractivity contribution is 0.0645. The number of carbonyl (C=O) groups excluding carboxylic acids is 1. The van der Waals surface area contributed by atoms with Gasteiger partial charge in [0, 0.05) is 18.7 Å². The molecule has 1 aromatic carbocycles. The molecule has 0 spiro atoms. The van der Waals surface area contributed by atoms with E-state index in [1.165, 1.54) is 35.8 Å². The first-order valence-corrected chi connectivity index (χ1v) is 8.74. The molecule has 1 aliphatic rings. The van der Waals surface area contributed by atoms with Gasteiger partial charge in [-0.05, 0) is 49.6 Å². The van der Waals surface area contributed by atoms with Crippen LogP contribution in [0.15, 0.2) is 30.5 Å². The molecule has 2 aromatic heterocycles. The molecule has 0 fully saturated rings. The Morgan fingerprint density at radius 3 is 2.72 bits per heavy atom. The third-order valence-corrected chi connectivity index (χ3v) is 5.22. The number of amides is 1. The van der Waals surface area contributed by atoms with E-state index >= 15 is 0 Å². The van der Waals surface area contributed by atoms with Crippen LogP contribution in [0.2, 0.25) is 0 Å². The summed E-state index contributed by atoms with van der Waals surface area (Å²) in [6.45, 7) is 5.03. The Kier molecular flexibility index (Phi) is 3.84. The molecule has 3 heterocycles. The molecule has 1 aliphatic heterocycles. The third kappa shape index (κ3) is 2.72. The number of imidazole rings is 1. The maximum atomic E-state index is 13.1. The van der Waals surface area contributed by atoms with Crippen LogP contribution in [-0.2, 0) is 6.54 Å². The summed E-state index contributed by atoms with van der Waals surface area (Å²) in [5.74, 6) is 1.07. The minimum Gasteiger partial charge on any atom is -0.329 e. The summed E-state index contributed by atoms with van der Waals surface area (Å²) in [5, 5.41) is 0.786. The van der Waals surface area contributed by atoms with E-state index in [2.05, 4.69) is 18.9 Å². The van der Waals surface area contributed by atoms with E-state index in [0.29, 0.717) is 18.7 Å². The van der Waals surface area contributed by atoms with Gasteiger partial charge in [0.2, 0.25) is 0 Å². The van der Waals surface area contributed by atoms with E-state index in [9.17, 15) is 9.18 Å². The molecule has 6 nitrogen and oxygen atoms in total. The third-order valence-electron chi connectivity index (χ3n) is 4.42. The van der Waals surface area contributed by atoms with Crippen LogP contribution < -0.4 is 0 Å². The van der Waals surface area contributed by atoms with Crippen molar-refractivity contribution in [3.63, 3.8) is 0 Å². The van der Waals surface area contributed by atoms with Gasteiger partial charge >= 0.3 is 0 Å². The summed E-state index contributed by atoms with van der Waals surface area (Å²) in [4.78, 5) is 23.5. The zero-order valence-corrected chi connectivity index (χ0v) is 14.6. The van der Waals surface area contributed by atoms with Crippen LogP contribution in [0.1, 0.15) is 34.8 Å². The van der Waals surface area contributed by atoms with Crippen molar-refractivity contribution in [1.29, 1.82) is 0 Å². The van der Waals surface area contributed by atoms with Crippen LogP contribution in [-0.4, -0.2) is 36.3 Å². The summed E-state index contributed by atoms with van der Waals surface area (Å²) in [5.41, 5.74) is 1.45. The SMILES string of the molecule is Cc1nsc(-c2ncc3n2CCN(C(=O)c2ccc(F)cc2)[C@@H]3C)n1. The molecule has 0 radical (unpaired) electrons.